The summed E-state index contributed by atoms with van der Waals surface area (Å²) in [6.07, 6.45) is 0.842. The van der Waals surface area contributed by atoms with Crippen molar-refractivity contribution in [1.29, 1.82) is 0 Å². The third kappa shape index (κ3) is 3.39. The normalized spacial score (nSPS) is 16.8. The molecule has 1 aliphatic heterocycles. The SMILES string of the molecule is COc1cccc(CN2CCCN(C(N)=O)CC2)c1F. The van der Waals surface area contributed by atoms with Gasteiger partial charge in [-0.2, -0.15) is 0 Å². The molecule has 1 aromatic rings. The van der Waals surface area contributed by atoms with Crippen molar-refractivity contribution in [3.05, 3.63) is 29.6 Å². The summed E-state index contributed by atoms with van der Waals surface area (Å²) in [6.45, 7) is 3.27. The summed E-state index contributed by atoms with van der Waals surface area (Å²) in [5.74, 6) is -0.0536. The first-order valence-electron chi connectivity index (χ1n) is 6.70. The minimum atomic E-state index is -0.389. The molecular weight excluding hydrogens is 261 g/mol. The monoisotopic (exact) mass is 281 g/mol. The van der Waals surface area contributed by atoms with Crippen LogP contribution in [-0.2, 0) is 6.54 Å². The van der Waals surface area contributed by atoms with Crippen molar-refractivity contribution in [1.82, 2.24) is 9.80 Å². The topological polar surface area (TPSA) is 58.8 Å². The van der Waals surface area contributed by atoms with Crippen LogP contribution < -0.4 is 10.5 Å². The first-order valence-corrected chi connectivity index (χ1v) is 6.70. The van der Waals surface area contributed by atoms with Crippen LogP contribution in [0.1, 0.15) is 12.0 Å². The molecule has 0 aliphatic carbocycles. The van der Waals surface area contributed by atoms with Crippen molar-refractivity contribution >= 4 is 6.03 Å². The van der Waals surface area contributed by atoms with Crippen molar-refractivity contribution in [3.63, 3.8) is 0 Å². The molecule has 1 saturated heterocycles. The number of carbonyl (C=O) groups is 1. The molecule has 0 radical (unpaired) electrons. The number of rotatable bonds is 3. The molecule has 20 heavy (non-hydrogen) atoms. The number of urea groups is 1. The molecule has 0 saturated carbocycles. The van der Waals surface area contributed by atoms with Crippen LogP contribution in [0.2, 0.25) is 0 Å². The predicted octanol–water partition coefficient (Wildman–Crippen LogP) is 1.42. The lowest BCUT2D eigenvalue weighted by molar-refractivity contribution is 0.207. The summed E-state index contributed by atoms with van der Waals surface area (Å²) < 4.78 is 19.1. The molecule has 5 nitrogen and oxygen atoms in total. The number of ether oxygens (including phenoxy) is 1. The van der Waals surface area contributed by atoms with Crippen molar-refractivity contribution < 1.29 is 13.9 Å². The summed E-state index contributed by atoms with van der Waals surface area (Å²) >= 11 is 0. The standard InChI is InChI=1S/C14H20FN3O2/c1-20-12-5-2-4-11(13(12)15)10-17-6-3-7-18(9-8-17)14(16)19/h2,4-5H,3,6-10H2,1H3,(H2,16,19). The first-order chi connectivity index (χ1) is 9.61. The van der Waals surface area contributed by atoms with Crippen molar-refractivity contribution in [3.8, 4) is 5.75 Å². The Hall–Kier alpha value is -1.82. The van der Waals surface area contributed by atoms with Crippen LogP contribution in [0.3, 0.4) is 0 Å². The van der Waals surface area contributed by atoms with Crippen LogP contribution in [0, 0.1) is 5.82 Å². The van der Waals surface area contributed by atoms with Crippen LogP contribution in [0.4, 0.5) is 9.18 Å². The number of primary amides is 1. The van der Waals surface area contributed by atoms with Crippen LogP contribution in [0.15, 0.2) is 18.2 Å². The Morgan fingerprint density at radius 2 is 2.15 bits per heavy atom. The third-order valence-corrected chi connectivity index (χ3v) is 3.56. The minimum absolute atomic E-state index is 0.260. The molecule has 0 aromatic heterocycles. The molecule has 0 atom stereocenters. The highest BCUT2D eigenvalue weighted by atomic mass is 19.1. The maximum absolute atomic E-state index is 14.1. The van der Waals surface area contributed by atoms with E-state index < -0.39 is 0 Å². The molecule has 0 spiro atoms. The van der Waals surface area contributed by atoms with Gasteiger partial charge in [-0.15, -0.1) is 0 Å². The zero-order valence-electron chi connectivity index (χ0n) is 11.6. The molecule has 0 unspecified atom stereocenters. The molecule has 1 heterocycles. The lowest BCUT2D eigenvalue weighted by atomic mass is 10.2. The van der Waals surface area contributed by atoms with Crippen LogP contribution in [-0.4, -0.2) is 49.1 Å². The lowest BCUT2D eigenvalue weighted by Crippen LogP contribution is -2.38. The van der Waals surface area contributed by atoms with Crippen molar-refractivity contribution in [2.75, 3.05) is 33.3 Å². The van der Waals surface area contributed by atoms with Crippen LogP contribution in [0.5, 0.6) is 5.75 Å². The van der Waals surface area contributed by atoms with E-state index in [0.717, 1.165) is 13.0 Å². The highest BCUT2D eigenvalue weighted by molar-refractivity contribution is 5.71. The summed E-state index contributed by atoms with van der Waals surface area (Å²) in [4.78, 5) is 14.9. The summed E-state index contributed by atoms with van der Waals surface area (Å²) in [7, 11) is 1.46. The zero-order valence-corrected chi connectivity index (χ0v) is 11.6. The first kappa shape index (κ1) is 14.6. The second kappa shape index (κ2) is 6.56. The Morgan fingerprint density at radius 3 is 2.85 bits per heavy atom. The predicted molar refractivity (Wildman–Crippen MR) is 74.0 cm³/mol. The fourth-order valence-corrected chi connectivity index (χ4v) is 2.43. The number of amides is 2. The summed E-state index contributed by atoms with van der Waals surface area (Å²) in [6, 6.07) is 4.76. The van der Waals surface area contributed by atoms with Gasteiger partial charge in [0.1, 0.15) is 0 Å². The fourth-order valence-electron chi connectivity index (χ4n) is 2.43. The van der Waals surface area contributed by atoms with E-state index in [1.165, 1.54) is 7.11 Å². The molecule has 110 valence electrons. The molecular formula is C14H20FN3O2. The molecule has 0 bridgehead atoms. The van der Waals surface area contributed by atoms with E-state index in [4.69, 9.17) is 10.5 Å². The number of carbonyl (C=O) groups excluding carboxylic acids is 1. The number of methoxy groups -OCH3 is 1. The average Bonchev–Trinajstić information content (AvgIpc) is 2.67. The van der Waals surface area contributed by atoms with E-state index in [9.17, 15) is 9.18 Å². The number of nitrogens with zero attached hydrogens (tertiary/aromatic N) is 2. The third-order valence-electron chi connectivity index (χ3n) is 3.56. The number of benzene rings is 1. The molecule has 2 amide bonds. The number of nitrogens with two attached hydrogens (primary N) is 1. The van der Waals surface area contributed by atoms with Gasteiger partial charge in [-0.3, -0.25) is 4.90 Å². The molecule has 1 fully saturated rings. The highest BCUT2D eigenvalue weighted by Crippen LogP contribution is 2.21. The Kier molecular flexibility index (Phi) is 4.79. The number of hydrogen-bond acceptors (Lipinski definition) is 3. The summed E-state index contributed by atoms with van der Waals surface area (Å²) in [5, 5.41) is 0. The van der Waals surface area contributed by atoms with E-state index in [-0.39, 0.29) is 17.6 Å². The average molecular weight is 281 g/mol. The maximum Gasteiger partial charge on any atom is 0.314 e. The second-order valence-corrected chi connectivity index (χ2v) is 4.89. The van der Waals surface area contributed by atoms with E-state index in [2.05, 4.69) is 4.90 Å². The van der Waals surface area contributed by atoms with E-state index in [1.807, 2.05) is 0 Å². The van der Waals surface area contributed by atoms with E-state index >= 15 is 0 Å². The second-order valence-electron chi connectivity index (χ2n) is 4.89. The van der Waals surface area contributed by atoms with E-state index in [0.29, 0.717) is 31.7 Å². The van der Waals surface area contributed by atoms with Gasteiger partial charge in [-0.1, -0.05) is 12.1 Å². The Morgan fingerprint density at radius 1 is 1.35 bits per heavy atom. The Bertz CT molecular complexity index is 481. The molecule has 6 heteroatoms. The molecule has 1 aliphatic rings. The van der Waals surface area contributed by atoms with Gasteiger partial charge in [0.05, 0.1) is 7.11 Å². The highest BCUT2D eigenvalue weighted by Gasteiger charge is 2.18. The van der Waals surface area contributed by atoms with Gasteiger partial charge in [0, 0.05) is 38.3 Å². The minimum Gasteiger partial charge on any atom is -0.494 e. The largest absolute Gasteiger partial charge is 0.494 e. The van der Waals surface area contributed by atoms with Gasteiger partial charge in [0.15, 0.2) is 11.6 Å². The van der Waals surface area contributed by atoms with Gasteiger partial charge < -0.3 is 15.4 Å². The lowest BCUT2D eigenvalue weighted by Gasteiger charge is -2.21. The van der Waals surface area contributed by atoms with Crippen LogP contribution >= 0.6 is 0 Å². The Labute approximate surface area is 118 Å². The fraction of sp³-hybridized carbons (Fsp3) is 0.500. The van der Waals surface area contributed by atoms with Gasteiger partial charge in [-0.05, 0) is 12.5 Å². The number of hydrogen-bond donors (Lipinski definition) is 1. The van der Waals surface area contributed by atoms with Crippen molar-refractivity contribution in [2.45, 2.75) is 13.0 Å². The van der Waals surface area contributed by atoms with Crippen molar-refractivity contribution in [2.24, 2.45) is 5.73 Å². The molecule has 2 N–H and O–H groups in total. The Balaban J connectivity index is 2.02. The smallest absolute Gasteiger partial charge is 0.314 e. The van der Waals surface area contributed by atoms with E-state index in [1.54, 1.807) is 23.1 Å². The maximum atomic E-state index is 14.1. The van der Waals surface area contributed by atoms with Gasteiger partial charge in [0.2, 0.25) is 0 Å². The van der Waals surface area contributed by atoms with Gasteiger partial charge in [0.25, 0.3) is 0 Å². The zero-order chi connectivity index (χ0) is 14.5. The number of halogens is 1. The van der Waals surface area contributed by atoms with Gasteiger partial charge in [-0.25, -0.2) is 9.18 Å². The quantitative estimate of drug-likeness (QED) is 0.911. The van der Waals surface area contributed by atoms with Crippen LogP contribution in [0.25, 0.3) is 0 Å². The molecule has 2 rings (SSSR count). The molecule has 1 aromatic carbocycles. The van der Waals surface area contributed by atoms with Gasteiger partial charge >= 0.3 is 6.03 Å². The summed E-state index contributed by atoms with van der Waals surface area (Å²) in [5.41, 5.74) is 5.90.